The molecule has 3 N–H and O–H groups in total. The summed E-state index contributed by atoms with van der Waals surface area (Å²) in [5.74, 6) is -0.779. The van der Waals surface area contributed by atoms with Gasteiger partial charge in [0.1, 0.15) is 10.8 Å². The lowest BCUT2D eigenvalue weighted by molar-refractivity contribution is -0.153. The Morgan fingerprint density at radius 3 is 2.69 bits per heavy atom. The van der Waals surface area contributed by atoms with Crippen LogP contribution in [0.4, 0.5) is 5.00 Å². The number of hydrogen-bond acceptors (Lipinski definition) is 6. The van der Waals surface area contributed by atoms with Crippen LogP contribution in [0.2, 0.25) is 0 Å². The number of thiophene rings is 1. The Kier molecular flexibility index (Phi) is 6.87. The van der Waals surface area contributed by atoms with Crippen LogP contribution >= 0.6 is 11.3 Å². The Morgan fingerprint density at radius 2 is 1.97 bits per heavy atom. The van der Waals surface area contributed by atoms with Gasteiger partial charge in [0.15, 0.2) is 6.10 Å². The van der Waals surface area contributed by atoms with Crippen molar-refractivity contribution in [1.29, 1.82) is 0 Å². The van der Waals surface area contributed by atoms with Crippen molar-refractivity contribution in [1.82, 2.24) is 0 Å². The number of amides is 2. The van der Waals surface area contributed by atoms with Crippen molar-refractivity contribution in [2.24, 2.45) is 5.73 Å². The maximum absolute atomic E-state index is 12.4. The summed E-state index contributed by atoms with van der Waals surface area (Å²) in [5.41, 5.74) is 6.81. The Bertz CT molecular complexity index is 894. The number of nitrogens with two attached hydrogens (primary N) is 1. The summed E-state index contributed by atoms with van der Waals surface area (Å²) in [4.78, 5) is 37.3. The van der Waals surface area contributed by atoms with Crippen molar-refractivity contribution in [3.8, 4) is 5.75 Å². The lowest BCUT2D eigenvalue weighted by Crippen LogP contribution is -2.30. The van der Waals surface area contributed by atoms with Crippen LogP contribution in [0.25, 0.3) is 0 Å². The molecule has 0 radical (unpaired) electrons. The SMILES string of the molecule is C[C@H](OC(=O)CCCOc1ccccc1)C(=O)Nc1sc2c(c1C(N)=O)CCC2. The summed E-state index contributed by atoms with van der Waals surface area (Å²) < 4.78 is 10.7. The molecular formula is C21H24N2O5S. The number of primary amides is 1. The standard InChI is InChI=1S/C21H24N2O5S/c1-13(28-17(24)11-6-12-27-14-7-3-2-4-8-14)20(26)23-21-18(19(22)25)15-9-5-10-16(15)29-21/h2-4,7-8,13H,5-6,9-12H2,1H3,(H2,22,25)(H,23,26)/t13-/m0/s1. The number of rotatable bonds is 9. The van der Waals surface area contributed by atoms with Gasteiger partial charge in [0, 0.05) is 11.3 Å². The number of nitrogens with one attached hydrogen (secondary N) is 1. The summed E-state index contributed by atoms with van der Waals surface area (Å²) in [7, 11) is 0. The van der Waals surface area contributed by atoms with E-state index in [2.05, 4.69) is 5.32 Å². The molecule has 3 rings (SSSR count). The van der Waals surface area contributed by atoms with Crippen LogP contribution in [0.5, 0.6) is 5.75 Å². The van der Waals surface area contributed by atoms with Crippen LogP contribution < -0.4 is 15.8 Å². The van der Waals surface area contributed by atoms with Gasteiger partial charge in [-0.15, -0.1) is 11.3 Å². The van der Waals surface area contributed by atoms with E-state index in [0.29, 0.717) is 23.6 Å². The quantitative estimate of drug-likeness (QED) is 0.482. The lowest BCUT2D eigenvalue weighted by Gasteiger charge is -2.14. The van der Waals surface area contributed by atoms with Gasteiger partial charge >= 0.3 is 5.97 Å². The molecule has 1 aromatic heterocycles. The maximum Gasteiger partial charge on any atom is 0.306 e. The first-order valence-corrected chi connectivity index (χ1v) is 10.4. The van der Waals surface area contributed by atoms with Gasteiger partial charge in [-0.25, -0.2) is 0 Å². The Morgan fingerprint density at radius 1 is 1.21 bits per heavy atom. The molecule has 1 aliphatic carbocycles. The molecule has 1 heterocycles. The Hall–Kier alpha value is -2.87. The normalized spacial score (nSPS) is 13.4. The van der Waals surface area contributed by atoms with Crippen LogP contribution in [0, 0.1) is 0 Å². The summed E-state index contributed by atoms with van der Waals surface area (Å²) in [5, 5.41) is 3.13. The smallest absolute Gasteiger partial charge is 0.306 e. The van der Waals surface area contributed by atoms with Crippen molar-refractivity contribution in [2.75, 3.05) is 11.9 Å². The first-order chi connectivity index (χ1) is 14.0. The van der Waals surface area contributed by atoms with Gasteiger partial charge in [0.05, 0.1) is 12.2 Å². The van der Waals surface area contributed by atoms with E-state index in [4.69, 9.17) is 15.2 Å². The third-order valence-corrected chi connectivity index (χ3v) is 5.83. The maximum atomic E-state index is 12.4. The second-order valence-electron chi connectivity index (χ2n) is 6.81. The number of fused-ring (bicyclic) bond motifs is 1. The Balaban J connectivity index is 1.46. The van der Waals surface area contributed by atoms with E-state index in [1.165, 1.54) is 18.3 Å². The minimum atomic E-state index is -0.977. The largest absolute Gasteiger partial charge is 0.494 e. The molecule has 1 atom stereocenters. The summed E-state index contributed by atoms with van der Waals surface area (Å²) in [6.45, 7) is 1.88. The van der Waals surface area contributed by atoms with Gasteiger partial charge in [0.25, 0.3) is 11.8 Å². The first-order valence-electron chi connectivity index (χ1n) is 9.58. The fourth-order valence-corrected chi connectivity index (χ4v) is 4.50. The van der Waals surface area contributed by atoms with Crippen LogP contribution in [0.15, 0.2) is 30.3 Å². The molecule has 0 saturated heterocycles. The van der Waals surface area contributed by atoms with E-state index in [9.17, 15) is 14.4 Å². The zero-order valence-electron chi connectivity index (χ0n) is 16.2. The predicted octanol–water partition coefficient (Wildman–Crippen LogP) is 3.07. The molecule has 154 valence electrons. The number of esters is 1. The molecule has 0 spiro atoms. The molecule has 7 nitrogen and oxygen atoms in total. The average molecular weight is 416 g/mol. The highest BCUT2D eigenvalue weighted by Gasteiger charge is 2.27. The van der Waals surface area contributed by atoms with Crippen molar-refractivity contribution >= 4 is 34.1 Å². The number of aryl methyl sites for hydroxylation is 1. The van der Waals surface area contributed by atoms with Crippen LogP contribution in [-0.2, 0) is 27.2 Å². The summed E-state index contributed by atoms with van der Waals surface area (Å²) >= 11 is 1.37. The van der Waals surface area contributed by atoms with Crippen molar-refractivity contribution < 1.29 is 23.9 Å². The fraction of sp³-hybridized carbons (Fsp3) is 0.381. The number of anilines is 1. The van der Waals surface area contributed by atoms with Gasteiger partial charge in [-0.05, 0) is 50.3 Å². The summed E-state index contributed by atoms with van der Waals surface area (Å²) in [6, 6.07) is 9.32. The molecule has 0 saturated carbocycles. The van der Waals surface area contributed by atoms with Gasteiger partial charge in [-0.3, -0.25) is 14.4 Å². The van der Waals surface area contributed by atoms with Crippen molar-refractivity contribution in [3.63, 3.8) is 0 Å². The van der Waals surface area contributed by atoms with E-state index in [1.807, 2.05) is 30.3 Å². The van der Waals surface area contributed by atoms with E-state index < -0.39 is 23.9 Å². The van der Waals surface area contributed by atoms with E-state index in [-0.39, 0.29) is 6.42 Å². The monoisotopic (exact) mass is 416 g/mol. The minimum Gasteiger partial charge on any atom is -0.494 e. The van der Waals surface area contributed by atoms with Crippen LogP contribution in [-0.4, -0.2) is 30.5 Å². The van der Waals surface area contributed by atoms with Gasteiger partial charge in [0.2, 0.25) is 0 Å². The average Bonchev–Trinajstić information content (AvgIpc) is 3.26. The molecule has 0 bridgehead atoms. The second-order valence-corrected chi connectivity index (χ2v) is 7.92. The van der Waals surface area contributed by atoms with Gasteiger partial charge in [-0.2, -0.15) is 0 Å². The molecule has 0 unspecified atom stereocenters. The Labute approximate surface area is 173 Å². The van der Waals surface area contributed by atoms with Crippen LogP contribution in [0.3, 0.4) is 0 Å². The topological polar surface area (TPSA) is 108 Å². The van der Waals surface area contributed by atoms with Crippen molar-refractivity contribution in [2.45, 2.75) is 45.1 Å². The molecule has 1 aliphatic rings. The molecule has 8 heteroatoms. The molecule has 2 aromatic rings. The number of ether oxygens (including phenoxy) is 2. The lowest BCUT2D eigenvalue weighted by atomic mass is 10.1. The molecule has 0 aliphatic heterocycles. The number of hydrogen-bond donors (Lipinski definition) is 2. The van der Waals surface area contributed by atoms with Gasteiger partial charge in [-0.1, -0.05) is 18.2 Å². The number of para-hydroxylation sites is 1. The van der Waals surface area contributed by atoms with E-state index in [0.717, 1.165) is 35.5 Å². The number of benzene rings is 1. The molecule has 0 fully saturated rings. The highest BCUT2D eigenvalue weighted by atomic mass is 32.1. The summed E-state index contributed by atoms with van der Waals surface area (Å²) in [6.07, 6.45) is 2.30. The molecule has 29 heavy (non-hydrogen) atoms. The van der Waals surface area contributed by atoms with E-state index >= 15 is 0 Å². The second kappa shape index (κ2) is 9.56. The first kappa shape index (κ1) is 20.9. The zero-order valence-corrected chi connectivity index (χ0v) is 17.1. The molecular weight excluding hydrogens is 392 g/mol. The third kappa shape index (κ3) is 5.35. The number of carbonyl (C=O) groups is 3. The van der Waals surface area contributed by atoms with E-state index in [1.54, 1.807) is 0 Å². The number of carbonyl (C=O) groups excluding carboxylic acids is 3. The molecule has 1 aromatic carbocycles. The third-order valence-electron chi connectivity index (χ3n) is 4.62. The van der Waals surface area contributed by atoms with Crippen molar-refractivity contribution in [3.05, 3.63) is 46.3 Å². The fourth-order valence-electron chi connectivity index (χ4n) is 3.20. The zero-order chi connectivity index (χ0) is 20.8. The van der Waals surface area contributed by atoms with Crippen LogP contribution in [0.1, 0.15) is 47.0 Å². The highest BCUT2D eigenvalue weighted by molar-refractivity contribution is 7.17. The predicted molar refractivity (Wildman–Crippen MR) is 110 cm³/mol. The van der Waals surface area contributed by atoms with Gasteiger partial charge < -0.3 is 20.5 Å². The minimum absolute atomic E-state index is 0.143. The molecule has 2 amide bonds. The highest BCUT2D eigenvalue weighted by Crippen LogP contribution is 2.38.